The van der Waals surface area contributed by atoms with E-state index in [9.17, 15) is 19.2 Å². The number of imide groups is 1. The number of halogens is 1. The number of rotatable bonds is 6. The predicted octanol–water partition coefficient (Wildman–Crippen LogP) is 6.14. The smallest absolute Gasteiger partial charge is 0.418 e. The Bertz CT molecular complexity index is 1820. The number of ether oxygens (including phenoxy) is 5. The summed E-state index contributed by atoms with van der Waals surface area (Å²) in [5.41, 5.74) is -2.67. The zero-order valence-electron chi connectivity index (χ0n) is 32.8. The molecule has 3 heterocycles. The lowest BCUT2D eigenvalue weighted by molar-refractivity contribution is -0.159. The van der Waals surface area contributed by atoms with Crippen molar-refractivity contribution in [1.82, 2.24) is 25.1 Å². The molecular formula is C39H52ClN5O10. The van der Waals surface area contributed by atoms with Gasteiger partial charge in [-0.15, -0.1) is 0 Å². The van der Waals surface area contributed by atoms with Crippen LogP contribution in [-0.4, -0.2) is 105 Å². The molecule has 4 amide bonds. The van der Waals surface area contributed by atoms with E-state index in [1.165, 1.54) is 12.0 Å². The second-order valence-electron chi connectivity index (χ2n) is 16.0. The molecule has 2 aromatic rings. The van der Waals surface area contributed by atoms with Gasteiger partial charge in [0.05, 0.1) is 31.3 Å². The van der Waals surface area contributed by atoms with Crippen LogP contribution >= 0.6 is 11.6 Å². The number of alkyl carbamates (subject to hydrolysis) is 1. The van der Waals surface area contributed by atoms with Crippen LogP contribution in [0.3, 0.4) is 0 Å². The van der Waals surface area contributed by atoms with Gasteiger partial charge in [0, 0.05) is 18.4 Å². The Labute approximate surface area is 326 Å². The number of nitrogens with one attached hydrogen (secondary N) is 1. The van der Waals surface area contributed by atoms with Crippen molar-refractivity contribution < 1.29 is 47.7 Å². The lowest BCUT2D eigenvalue weighted by atomic mass is 10.0. The van der Waals surface area contributed by atoms with E-state index in [0.29, 0.717) is 29.6 Å². The van der Waals surface area contributed by atoms with Gasteiger partial charge in [0.1, 0.15) is 35.1 Å². The van der Waals surface area contributed by atoms with Crippen LogP contribution in [0.1, 0.15) is 93.4 Å². The molecule has 1 saturated carbocycles. The Hall–Kier alpha value is -4.66. The minimum absolute atomic E-state index is 0.00869. The first kappa shape index (κ1) is 41.5. The normalized spacial score (nSPS) is 25.5. The second kappa shape index (κ2) is 16.6. The van der Waals surface area contributed by atoms with E-state index < -0.39 is 70.8 Å². The summed E-state index contributed by atoms with van der Waals surface area (Å²) in [4.78, 5) is 82.0. The van der Waals surface area contributed by atoms with E-state index in [2.05, 4.69) is 15.3 Å². The molecule has 5 atom stereocenters. The van der Waals surface area contributed by atoms with Crippen molar-refractivity contribution in [3.8, 4) is 11.6 Å². The molecule has 15 nitrogen and oxygen atoms in total. The number of aromatic nitrogens is 2. The highest BCUT2D eigenvalue weighted by molar-refractivity contribution is 6.31. The number of hydrogen-bond donors (Lipinski definition) is 1. The minimum atomic E-state index is -1.71. The van der Waals surface area contributed by atoms with Crippen molar-refractivity contribution in [1.29, 1.82) is 0 Å². The third-order valence-electron chi connectivity index (χ3n) is 9.44. The zero-order valence-corrected chi connectivity index (χ0v) is 33.6. The molecule has 16 heteroatoms. The van der Waals surface area contributed by atoms with Crippen molar-refractivity contribution in [3.05, 3.63) is 35.5 Å². The van der Waals surface area contributed by atoms with Crippen molar-refractivity contribution in [3.63, 3.8) is 0 Å². The summed E-state index contributed by atoms with van der Waals surface area (Å²) >= 11 is 6.54. The fraction of sp³-hybridized carbons (Fsp3) is 0.615. The average Bonchev–Trinajstić information content (AvgIpc) is 3.64. The van der Waals surface area contributed by atoms with Crippen LogP contribution in [0.15, 0.2) is 30.4 Å². The van der Waals surface area contributed by atoms with Crippen LogP contribution in [-0.2, 0) is 28.6 Å². The van der Waals surface area contributed by atoms with E-state index >= 15 is 4.79 Å². The topological polar surface area (TPSA) is 176 Å². The summed E-state index contributed by atoms with van der Waals surface area (Å²) in [7, 11) is 1.52. The van der Waals surface area contributed by atoms with Gasteiger partial charge in [0.15, 0.2) is 10.7 Å². The van der Waals surface area contributed by atoms with Gasteiger partial charge in [0.2, 0.25) is 5.91 Å². The van der Waals surface area contributed by atoms with E-state index in [4.69, 9.17) is 35.3 Å². The van der Waals surface area contributed by atoms with E-state index in [0.717, 1.165) is 17.7 Å². The third-order valence-corrected chi connectivity index (χ3v) is 9.68. The highest BCUT2D eigenvalue weighted by atomic mass is 35.5. The highest BCUT2D eigenvalue weighted by Gasteiger charge is 2.69. The van der Waals surface area contributed by atoms with Crippen molar-refractivity contribution >= 4 is 52.6 Å². The van der Waals surface area contributed by atoms with Gasteiger partial charge < -0.3 is 33.9 Å². The molecule has 1 N–H and O–H groups in total. The van der Waals surface area contributed by atoms with Crippen LogP contribution in [0, 0.1) is 5.92 Å². The number of methoxy groups -OCH3 is 1. The minimum Gasteiger partial charge on any atom is -0.497 e. The molecule has 3 aliphatic rings. The van der Waals surface area contributed by atoms with Gasteiger partial charge in [-0.3, -0.25) is 9.59 Å². The van der Waals surface area contributed by atoms with Crippen LogP contribution in [0.2, 0.25) is 5.15 Å². The Morgan fingerprint density at radius 3 is 2.38 bits per heavy atom. The maximum atomic E-state index is 15.1. The highest BCUT2D eigenvalue weighted by Crippen LogP contribution is 2.52. The molecule has 55 heavy (non-hydrogen) atoms. The number of hydrogen-bond acceptors (Lipinski definition) is 12. The Morgan fingerprint density at radius 2 is 1.71 bits per heavy atom. The molecule has 1 aliphatic carbocycles. The van der Waals surface area contributed by atoms with Crippen molar-refractivity contribution in [2.24, 2.45) is 5.92 Å². The number of carbonyl (C=O) groups excluding carboxylic acids is 5. The molecule has 0 bridgehead atoms. The van der Waals surface area contributed by atoms with Crippen LogP contribution in [0.5, 0.6) is 11.6 Å². The second-order valence-corrected chi connectivity index (χ2v) is 16.4. The fourth-order valence-corrected chi connectivity index (χ4v) is 7.10. The summed E-state index contributed by atoms with van der Waals surface area (Å²) in [6.07, 6.45) is 4.01. The summed E-state index contributed by atoms with van der Waals surface area (Å²) in [6.45, 7) is 11.6. The Morgan fingerprint density at radius 1 is 0.982 bits per heavy atom. The number of nitrogens with zero attached hydrogens (tertiary/aromatic N) is 4. The van der Waals surface area contributed by atoms with E-state index in [1.54, 1.807) is 66.7 Å². The fourth-order valence-electron chi connectivity index (χ4n) is 6.92. The van der Waals surface area contributed by atoms with Gasteiger partial charge in [0.25, 0.3) is 11.8 Å². The van der Waals surface area contributed by atoms with Gasteiger partial charge in [-0.05, 0) is 86.3 Å². The van der Waals surface area contributed by atoms with Gasteiger partial charge in [-0.2, -0.15) is 0 Å². The SMILES string of the molecule is CCOC(=O)[C@@]12C[C@H]1/C=C\CCCCC[C@H](NC(=O)OC(C)(C)C)C(=O)N1C[C@H](Oc3nc4cc(OC)ccc4nc3Cl)C[C@H]1C(=O)N2C(=O)OC(C)(C)C. The first-order chi connectivity index (χ1) is 25.9. The van der Waals surface area contributed by atoms with Gasteiger partial charge >= 0.3 is 18.2 Å². The first-order valence-corrected chi connectivity index (χ1v) is 19.1. The van der Waals surface area contributed by atoms with Crippen LogP contribution in [0.25, 0.3) is 11.0 Å². The molecule has 300 valence electrons. The maximum Gasteiger partial charge on any atom is 0.418 e. The quantitative estimate of drug-likeness (QED) is 0.202. The lowest BCUT2D eigenvalue weighted by Crippen LogP contribution is -2.60. The molecule has 0 spiro atoms. The van der Waals surface area contributed by atoms with E-state index in [-0.39, 0.29) is 43.4 Å². The van der Waals surface area contributed by atoms with Gasteiger partial charge in [-0.25, -0.2) is 29.3 Å². The third kappa shape index (κ3) is 9.78. The van der Waals surface area contributed by atoms with Crippen molar-refractivity contribution in [2.75, 3.05) is 20.3 Å². The Balaban J connectivity index is 1.59. The molecular weight excluding hydrogens is 734 g/mol. The number of allylic oxidation sites excluding steroid dienone is 1. The number of esters is 1. The summed E-state index contributed by atoms with van der Waals surface area (Å²) in [5, 5.41) is 2.67. The maximum absolute atomic E-state index is 15.1. The predicted molar refractivity (Wildman–Crippen MR) is 202 cm³/mol. The first-order valence-electron chi connectivity index (χ1n) is 18.8. The summed E-state index contributed by atoms with van der Waals surface area (Å²) in [5.74, 6) is -2.26. The molecule has 0 radical (unpaired) electrons. The zero-order chi connectivity index (χ0) is 40.3. The van der Waals surface area contributed by atoms with E-state index in [1.807, 2.05) is 12.2 Å². The molecule has 1 aromatic heterocycles. The summed E-state index contributed by atoms with van der Waals surface area (Å²) in [6, 6.07) is 2.64. The Kier molecular flexibility index (Phi) is 12.5. The monoisotopic (exact) mass is 785 g/mol. The molecule has 2 aliphatic heterocycles. The largest absolute Gasteiger partial charge is 0.497 e. The lowest BCUT2D eigenvalue weighted by Gasteiger charge is -2.35. The molecule has 5 rings (SSSR count). The summed E-state index contributed by atoms with van der Waals surface area (Å²) < 4.78 is 28.4. The molecule has 2 fully saturated rings. The number of carbonyl (C=O) groups is 5. The van der Waals surface area contributed by atoms with Crippen LogP contribution in [0.4, 0.5) is 9.59 Å². The number of fused-ring (bicyclic) bond motifs is 3. The number of benzene rings is 1. The molecule has 1 aromatic carbocycles. The number of amides is 4. The van der Waals surface area contributed by atoms with Gasteiger partial charge in [-0.1, -0.05) is 36.6 Å². The molecule has 0 unspecified atom stereocenters. The molecule has 1 saturated heterocycles. The standard InChI is InChI=1S/C39H52ClN5O10/c1-9-52-34(48)39-21-23(39)15-13-11-10-12-14-16-27(43-35(49)54-37(2,3)4)32(46)44-22-25(20-29(44)33(47)45(39)36(50)55-38(5,6)7)53-31-30(40)41-26-18-17-24(51-8)19-28(26)42-31/h13,15,17-19,23,25,27,29H,9-12,14,16,20-22H2,1-8H3,(H,43,49)/b15-13-/t23-,25-,27+,29+,39-/m1/s1. The van der Waals surface area contributed by atoms with Crippen LogP contribution < -0.4 is 14.8 Å². The van der Waals surface area contributed by atoms with Crippen molar-refractivity contribution in [2.45, 2.75) is 128 Å². The average molecular weight is 786 g/mol.